The lowest BCUT2D eigenvalue weighted by Crippen LogP contribution is -2.56. The number of Topliss-reactive ketones (excluding diaryl/α,β-unsaturated/α-hetero) is 1. The molecule has 0 aromatic heterocycles. The Balaban J connectivity index is 2.30. The Morgan fingerprint density at radius 3 is 2.55 bits per heavy atom. The standard InChI is InChI=1S/C15H19NO4/c1-4-15(5-2)12(17)9-13(15)20-11-8-6-7-10(3)14(11)16(18)19/h6-8,13H,4-5,9H2,1-3H3. The van der Waals surface area contributed by atoms with E-state index < -0.39 is 10.3 Å². The van der Waals surface area contributed by atoms with Gasteiger partial charge in [-0.2, -0.15) is 0 Å². The highest BCUT2D eigenvalue weighted by molar-refractivity contribution is 5.92. The first-order chi connectivity index (χ1) is 9.46. The molecule has 5 heteroatoms. The van der Waals surface area contributed by atoms with Crippen LogP contribution in [0.2, 0.25) is 0 Å². The van der Waals surface area contributed by atoms with Crippen molar-refractivity contribution in [3.8, 4) is 5.75 Å². The van der Waals surface area contributed by atoms with E-state index in [1.54, 1.807) is 25.1 Å². The minimum atomic E-state index is -0.475. The first-order valence-corrected chi connectivity index (χ1v) is 6.90. The molecule has 2 rings (SSSR count). The van der Waals surface area contributed by atoms with E-state index in [-0.39, 0.29) is 23.3 Å². The fourth-order valence-electron chi connectivity index (χ4n) is 2.98. The molecule has 108 valence electrons. The Hall–Kier alpha value is -1.91. The predicted molar refractivity (Wildman–Crippen MR) is 74.9 cm³/mol. The normalized spacial score (nSPS) is 20.4. The Morgan fingerprint density at radius 2 is 2.05 bits per heavy atom. The highest BCUT2D eigenvalue weighted by Crippen LogP contribution is 2.47. The minimum absolute atomic E-state index is 0.00652. The topological polar surface area (TPSA) is 69.4 Å². The average molecular weight is 277 g/mol. The van der Waals surface area contributed by atoms with Crippen molar-refractivity contribution < 1.29 is 14.5 Å². The second-order valence-corrected chi connectivity index (χ2v) is 5.28. The maximum Gasteiger partial charge on any atom is 0.313 e. The molecule has 1 aromatic rings. The van der Waals surface area contributed by atoms with E-state index >= 15 is 0 Å². The molecule has 0 heterocycles. The molecule has 20 heavy (non-hydrogen) atoms. The van der Waals surface area contributed by atoms with E-state index in [4.69, 9.17) is 4.74 Å². The van der Waals surface area contributed by atoms with Crippen molar-refractivity contribution in [2.24, 2.45) is 5.41 Å². The molecule has 1 aromatic carbocycles. The van der Waals surface area contributed by atoms with Crippen molar-refractivity contribution in [2.75, 3.05) is 0 Å². The van der Waals surface area contributed by atoms with Crippen LogP contribution < -0.4 is 4.74 Å². The van der Waals surface area contributed by atoms with E-state index in [0.29, 0.717) is 24.8 Å². The van der Waals surface area contributed by atoms with Crippen LogP contribution in [-0.2, 0) is 4.79 Å². The molecule has 5 nitrogen and oxygen atoms in total. The number of ether oxygens (including phenoxy) is 1. The molecule has 1 fully saturated rings. The number of nitro groups is 1. The van der Waals surface area contributed by atoms with Gasteiger partial charge in [0.1, 0.15) is 11.9 Å². The van der Waals surface area contributed by atoms with E-state index in [9.17, 15) is 14.9 Å². The van der Waals surface area contributed by atoms with Gasteiger partial charge in [0.15, 0.2) is 5.75 Å². The summed E-state index contributed by atoms with van der Waals surface area (Å²) in [6, 6.07) is 5.02. The van der Waals surface area contributed by atoms with Crippen molar-refractivity contribution in [3.63, 3.8) is 0 Å². The first-order valence-electron chi connectivity index (χ1n) is 6.90. The zero-order chi connectivity index (χ0) is 14.9. The van der Waals surface area contributed by atoms with Gasteiger partial charge in [0.2, 0.25) is 0 Å². The third-order valence-corrected chi connectivity index (χ3v) is 4.46. The monoisotopic (exact) mass is 277 g/mol. The minimum Gasteiger partial charge on any atom is -0.482 e. The molecule has 0 radical (unpaired) electrons. The summed E-state index contributed by atoms with van der Waals surface area (Å²) in [5, 5.41) is 11.2. The molecule has 1 aliphatic rings. The van der Waals surface area contributed by atoms with Crippen LogP contribution in [0.15, 0.2) is 18.2 Å². The molecule has 0 bridgehead atoms. The van der Waals surface area contributed by atoms with Gasteiger partial charge in [0.05, 0.1) is 10.3 Å². The van der Waals surface area contributed by atoms with Crippen LogP contribution in [0.5, 0.6) is 5.75 Å². The van der Waals surface area contributed by atoms with Crippen LogP contribution in [0.4, 0.5) is 5.69 Å². The number of benzene rings is 1. The van der Waals surface area contributed by atoms with Gasteiger partial charge in [-0.1, -0.05) is 26.0 Å². The smallest absolute Gasteiger partial charge is 0.313 e. The van der Waals surface area contributed by atoms with Crippen LogP contribution in [0, 0.1) is 22.5 Å². The van der Waals surface area contributed by atoms with Gasteiger partial charge in [-0.25, -0.2) is 0 Å². The summed E-state index contributed by atoms with van der Waals surface area (Å²) in [6.45, 7) is 5.60. The molecule has 1 atom stereocenters. The van der Waals surface area contributed by atoms with E-state index in [0.717, 1.165) is 0 Å². The second kappa shape index (κ2) is 5.23. The van der Waals surface area contributed by atoms with E-state index in [2.05, 4.69) is 0 Å². The molecule has 1 saturated carbocycles. The van der Waals surface area contributed by atoms with Crippen molar-refractivity contribution in [2.45, 2.75) is 46.1 Å². The zero-order valence-corrected chi connectivity index (χ0v) is 12.0. The third kappa shape index (κ3) is 2.07. The van der Waals surface area contributed by atoms with Gasteiger partial charge in [-0.15, -0.1) is 0 Å². The highest BCUT2D eigenvalue weighted by atomic mass is 16.6. The summed E-state index contributed by atoms with van der Waals surface area (Å²) in [5.74, 6) is 0.460. The number of hydrogen-bond acceptors (Lipinski definition) is 4. The molecule has 1 unspecified atom stereocenters. The number of nitrogens with zero attached hydrogens (tertiary/aromatic N) is 1. The van der Waals surface area contributed by atoms with Crippen LogP contribution in [0.25, 0.3) is 0 Å². The van der Waals surface area contributed by atoms with Crippen molar-refractivity contribution in [1.82, 2.24) is 0 Å². The summed E-state index contributed by atoms with van der Waals surface area (Å²) >= 11 is 0. The van der Waals surface area contributed by atoms with Gasteiger partial charge in [0, 0.05) is 12.0 Å². The zero-order valence-electron chi connectivity index (χ0n) is 12.0. The Bertz CT molecular complexity index is 549. The van der Waals surface area contributed by atoms with E-state index in [1.807, 2.05) is 13.8 Å². The van der Waals surface area contributed by atoms with Crippen LogP contribution >= 0.6 is 0 Å². The Labute approximate surface area is 118 Å². The Morgan fingerprint density at radius 1 is 1.40 bits per heavy atom. The lowest BCUT2D eigenvalue weighted by molar-refractivity contribution is -0.386. The molecule has 1 aliphatic carbocycles. The molecule has 0 saturated heterocycles. The number of carbonyl (C=O) groups is 1. The summed E-state index contributed by atoms with van der Waals surface area (Å²) in [6.07, 6.45) is 1.48. The summed E-state index contributed by atoms with van der Waals surface area (Å²) in [5.41, 5.74) is 0.0853. The van der Waals surface area contributed by atoms with Gasteiger partial charge in [0.25, 0.3) is 0 Å². The quantitative estimate of drug-likeness (QED) is 0.610. The summed E-state index contributed by atoms with van der Waals surface area (Å²) in [7, 11) is 0. The summed E-state index contributed by atoms with van der Waals surface area (Å²) in [4.78, 5) is 22.6. The van der Waals surface area contributed by atoms with Gasteiger partial charge in [-0.3, -0.25) is 14.9 Å². The van der Waals surface area contributed by atoms with Crippen LogP contribution in [0.1, 0.15) is 38.7 Å². The first kappa shape index (κ1) is 14.5. The number of ketones is 1. The third-order valence-electron chi connectivity index (χ3n) is 4.46. The Kier molecular flexibility index (Phi) is 3.79. The predicted octanol–water partition coefficient (Wildman–Crippen LogP) is 3.43. The van der Waals surface area contributed by atoms with Gasteiger partial charge < -0.3 is 4.74 Å². The molecule has 0 spiro atoms. The van der Waals surface area contributed by atoms with Crippen molar-refractivity contribution in [1.29, 1.82) is 0 Å². The molecular formula is C15H19NO4. The molecule has 0 aliphatic heterocycles. The lowest BCUT2D eigenvalue weighted by Gasteiger charge is -2.46. The average Bonchev–Trinajstić information content (AvgIpc) is 2.39. The van der Waals surface area contributed by atoms with Gasteiger partial charge in [-0.05, 0) is 25.8 Å². The van der Waals surface area contributed by atoms with E-state index in [1.165, 1.54) is 0 Å². The van der Waals surface area contributed by atoms with Crippen molar-refractivity contribution in [3.05, 3.63) is 33.9 Å². The maximum atomic E-state index is 11.9. The van der Waals surface area contributed by atoms with Gasteiger partial charge >= 0.3 is 5.69 Å². The van der Waals surface area contributed by atoms with Crippen LogP contribution in [-0.4, -0.2) is 16.8 Å². The molecular weight excluding hydrogens is 258 g/mol. The highest BCUT2D eigenvalue weighted by Gasteiger charge is 2.54. The number of aryl methyl sites for hydroxylation is 1. The fraction of sp³-hybridized carbons (Fsp3) is 0.533. The lowest BCUT2D eigenvalue weighted by atomic mass is 9.61. The largest absolute Gasteiger partial charge is 0.482 e. The van der Waals surface area contributed by atoms with Crippen molar-refractivity contribution >= 4 is 11.5 Å². The number of nitro benzene ring substituents is 1. The molecule has 0 N–H and O–H groups in total. The SMILES string of the molecule is CCC1(CC)C(=O)CC1Oc1cccc(C)c1[N+](=O)[O-]. The maximum absolute atomic E-state index is 11.9. The number of hydrogen-bond donors (Lipinski definition) is 0. The summed E-state index contributed by atoms with van der Waals surface area (Å²) < 4.78 is 5.83. The molecule has 0 amide bonds. The number of rotatable bonds is 5. The fourth-order valence-corrected chi connectivity index (χ4v) is 2.98. The number of para-hydroxylation sites is 1. The van der Waals surface area contributed by atoms with Crippen LogP contribution in [0.3, 0.4) is 0 Å². The number of carbonyl (C=O) groups excluding carboxylic acids is 1. The second-order valence-electron chi connectivity index (χ2n) is 5.28.